The van der Waals surface area contributed by atoms with Crippen molar-refractivity contribution in [2.24, 2.45) is 0 Å². The summed E-state index contributed by atoms with van der Waals surface area (Å²) >= 11 is 6.03. The topological polar surface area (TPSA) is 95.6 Å². The molecule has 0 bridgehead atoms. The van der Waals surface area contributed by atoms with E-state index >= 15 is 0 Å². The van der Waals surface area contributed by atoms with Crippen LogP contribution in [0.2, 0.25) is 5.02 Å². The molecular formula is C19H22ClN3O4S. The van der Waals surface area contributed by atoms with Gasteiger partial charge in [-0.2, -0.15) is 4.31 Å². The summed E-state index contributed by atoms with van der Waals surface area (Å²) in [7, 11) is -2.50. The second kappa shape index (κ2) is 9.68. The molecule has 9 heteroatoms. The van der Waals surface area contributed by atoms with Crippen LogP contribution in [0.5, 0.6) is 0 Å². The van der Waals surface area contributed by atoms with Crippen molar-refractivity contribution in [2.75, 3.05) is 13.6 Å². The van der Waals surface area contributed by atoms with Crippen LogP contribution in [-0.2, 0) is 26.0 Å². The van der Waals surface area contributed by atoms with Crippen LogP contribution in [0.25, 0.3) is 0 Å². The summed E-state index contributed by atoms with van der Waals surface area (Å²) in [4.78, 5) is 23.9. The molecule has 2 aromatic rings. The molecule has 0 unspecified atom stereocenters. The number of sulfonamides is 1. The van der Waals surface area contributed by atoms with E-state index in [0.717, 1.165) is 15.4 Å². The van der Waals surface area contributed by atoms with Gasteiger partial charge in [-0.1, -0.05) is 47.5 Å². The highest BCUT2D eigenvalue weighted by Crippen LogP contribution is 2.16. The molecule has 0 spiro atoms. The molecule has 0 heterocycles. The SMILES string of the molecule is Cc1ccc(S(=O)(=O)N(C)CC(=O)NNC(=O)CCc2ccccc2Cl)cc1. The highest BCUT2D eigenvalue weighted by atomic mass is 35.5. The Morgan fingerprint density at radius 2 is 1.61 bits per heavy atom. The van der Waals surface area contributed by atoms with Gasteiger partial charge in [-0.25, -0.2) is 8.42 Å². The maximum absolute atomic E-state index is 12.5. The van der Waals surface area contributed by atoms with E-state index in [1.54, 1.807) is 24.3 Å². The van der Waals surface area contributed by atoms with Crippen LogP contribution in [0, 0.1) is 6.92 Å². The minimum absolute atomic E-state index is 0.0946. The number of hydrogen-bond acceptors (Lipinski definition) is 4. The minimum atomic E-state index is -3.80. The lowest BCUT2D eigenvalue weighted by molar-refractivity contribution is -0.128. The van der Waals surface area contributed by atoms with Crippen LogP contribution in [0.1, 0.15) is 17.5 Å². The van der Waals surface area contributed by atoms with Gasteiger partial charge in [0, 0.05) is 18.5 Å². The zero-order chi connectivity index (χ0) is 20.7. The zero-order valence-corrected chi connectivity index (χ0v) is 17.2. The van der Waals surface area contributed by atoms with Gasteiger partial charge in [0.2, 0.25) is 15.9 Å². The molecule has 2 aromatic carbocycles. The van der Waals surface area contributed by atoms with Gasteiger partial charge in [0.25, 0.3) is 5.91 Å². The first-order valence-corrected chi connectivity index (χ1v) is 10.4. The van der Waals surface area contributed by atoms with Crippen LogP contribution in [-0.4, -0.2) is 38.1 Å². The van der Waals surface area contributed by atoms with E-state index in [0.29, 0.717) is 11.4 Å². The Morgan fingerprint density at radius 1 is 1.00 bits per heavy atom. The molecule has 2 rings (SSSR count). The lowest BCUT2D eigenvalue weighted by atomic mass is 10.1. The summed E-state index contributed by atoms with van der Waals surface area (Å²) < 4.78 is 25.8. The monoisotopic (exact) mass is 423 g/mol. The highest BCUT2D eigenvalue weighted by molar-refractivity contribution is 7.89. The third-order valence-electron chi connectivity index (χ3n) is 4.02. The molecule has 0 radical (unpaired) electrons. The quantitative estimate of drug-likeness (QED) is 0.666. The second-order valence-corrected chi connectivity index (χ2v) is 8.71. The number of halogens is 1. The summed E-state index contributed by atoms with van der Waals surface area (Å²) in [5.41, 5.74) is 6.25. The summed E-state index contributed by atoms with van der Waals surface area (Å²) in [6.45, 7) is 1.42. The number of amides is 2. The second-order valence-electron chi connectivity index (χ2n) is 6.26. The molecule has 0 aliphatic heterocycles. The van der Waals surface area contributed by atoms with Crippen LogP contribution in [0.3, 0.4) is 0 Å². The Hall–Kier alpha value is -2.42. The number of carbonyl (C=O) groups is 2. The summed E-state index contributed by atoms with van der Waals surface area (Å²) in [6, 6.07) is 13.5. The summed E-state index contributed by atoms with van der Waals surface area (Å²) in [6.07, 6.45) is 0.546. The standard InChI is InChI=1S/C19H22ClN3O4S/c1-14-7-10-16(11-8-14)28(26,27)23(2)13-19(25)22-21-18(24)12-9-15-5-3-4-6-17(15)20/h3-8,10-11H,9,12-13H2,1-2H3,(H,21,24)(H,22,25). The molecule has 150 valence electrons. The molecule has 28 heavy (non-hydrogen) atoms. The first-order valence-electron chi connectivity index (χ1n) is 8.54. The van der Waals surface area contributed by atoms with Crippen LogP contribution in [0.4, 0.5) is 0 Å². The molecule has 0 saturated carbocycles. The number of carbonyl (C=O) groups excluding carboxylic acids is 2. The highest BCUT2D eigenvalue weighted by Gasteiger charge is 2.22. The lowest BCUT2D eigenvalue weighted by Gasteiger charge is -2.17. The molecule has 0 aromatic heterocycles. The van der Waals surface area contributed by atoms with E-state index in [4.69, 9.17) is 11.6 Å². The van der Waals surface area contributed by atoms with Gasteiger partial charge in [-0.15, -0.1) is 0 Å². The fourth-order valence-corrected chi connectivity index (χ4v) is 3.73. The van der Waals surface area contributed by atoms with Crippen molar-refractivity contribution in [3.05, 3.63) is 64.7 Å². The first-order chi connectivity index (χ1) is 13.2. The Kier molecular flexibility index (Phi) is 7.56. The van der Waals surface area contributed by atoms with E-state index in [2.05, 4.69) is 10.9 Å². The molecule has 0 aliphatic rings. The predicted octanol–water partition coefficient (Wildman–Crippen LogP) is 2.05. The van der Waals surface area contributed by atoms with Gasteiger partial charge in [0.05, 0.1) is 11.4 Å². The Bertz CT molecular complexity index is 946. The number of benzene rings is 2. The number of aryl methyl sites for hydroxylation is 2. The molecule has 0 saturated heterocycles. The van der Waals surface area contributed by atoms with Crippen molar-refractivity contribution in [3.8, 4) is 0 Å². The summed E-state index contributed by atoms with van der Waals surface area (Å²) in [5, 5.41) is 0.572. The largest absolute Gasteiger partial charge is 0.273 e. The summed E-state index contributed by atoms with van der Waals surface area (Å²) in [5.74, 6) is -1.05. The van der Waals surface area contributed by atoms with Crippen LogP contribution in [0.15, 0.2) is 53.4 Å². The van der Waals surface area contributed by atoms with E-state index in [1.807, 2.05) is 19.1 Å². The fourth-order valence-electron chi connectivity index (χ4n) is 2.37. The lowest BCUT2D eigenvalue weighted by Crippen LogP contribution is -2.46. The van der Waals surface area contributed by atoms with E-state index in [9.17, 15) is 18.0 Å². The molecule has 0 fully saturated rings. The first kappa shape index (κ1) is 21.9. The van der Waals surface area contributed by atoms with Crippen LogP contribution < -0.4 is 10.9 Å². The van der Waals surface area contributed by atoms with Crippen molar-refractivity contribution in [1.29, 1.82) is 0 Å². The fraction of sp³-hybridized carbons (Fsp3) is 0.263. The molecule has 2 N–H and O–H groups in total. The average molecular weight is 424 g/mol. The Morgan fingerprint density at radius 3 is 2.25 bits per heavy atom. The Labute approximate surface area is 169 Å². The van der Waals surface area contributed by atoms with Gasteiger partial charge in [0.1, 0.15) is 0 Å². The molecule has 0 aliphatic carbocycles. The van der Waals surface area contributed by atoms with Crippen molar-refractivity contribution in [1.82, 2.24) is 15.2 Å². The number of hydrogen-bond donors (Lipinski definition) is 2. The Balaban J connectivity index is 1.82. The third kappa shape index (κ3) is 6.05. The van der Waals surface area contributed by atoms with Gasteiger partial charge >= 0.3 is 0 Å². The van der Waals surface area contributed by atoms with Gasteiger partial charge in [-0.3, -0.25) is 20.4 Å². The average Bonchev–Trinajstić information content (AvgIpc) is 2.66. The molecule has 7 nitrogen and oxygen atoms in total. The van der Waals surface area contributed by atoms with E-state index < -0.39 is 28.4 Å². The van der Waals surface area contributed by atoms with E-state index in [-0.39, 0.29) is 11.3 Å². The molecule has 2 amide bonds. The van der Waals surface area contributed by atoms with Gasteiger partial charge in [0.15, 0.2) is 0 Å². The number of rotatable bonds is 7. The number of nitrogens with zero attached hydrogens (tertiary/aromatic N) is 1. The van der Waals surface area contributed by atoms with Gasteiger partial charge in [-0.05, 0) is 37.1 Å². The number of hydrazine groups is 1. The third-order valence-corrected chi connectivity index (χ3v) is 6.20. The maximum atomic E-state index is 12.5. The van der Waals surface area contributed by atoms with E-state index in [1.165, 1.54) is 19.2 Å². The zero-order valence-electron chi connectivity index (χ0n) is 15.6. The smallest absolute Gasteiger partial charge is 0.253 e. The predicted molar refractivity (Wildman–Crippen MR) is 107 cm³/mol. The number of nitrogens with one attached hydrogen (secondary N) is 2. The van der Waals surface area contributed by atoms with Crippen molar-refractivity contribution >= 4 is 33.4 Å². The minimum Gasteiger partial charge on any atom is -0.273 e. The van der Waals surface area contributed by atoms with Crippen molar-refractivity contribution in [2.45, 2.75) is 24.7 Å². The molecular weight excluding hydrogens is 402 g/mol. The normalized spacial score (nSPS) is 11.3. The molecule has 0 atom stereocenters. The van der Waals surface area contributed by atoms with Crippen LogP contribution >= 0.6 is 11.6 Å². The van der Waals surface area contributed by atoms with Crippen molar-refractivity contribution < 1.29 is 18.0 Å². The van der Waals surface area contributed by atoms with Gasteiger partial charge < -0.3 is 0 Å². The van der Waals surface area contributed by atoms with Crippen molar-refractivity contribution in [3.63, 3.8) is 0 Å². The maximum Gasteiger partial charge on any atom is 0.253 e. The number of likely N-dealkylation sites (N-methyl/N-ethyl adjacent to an activating group) is 1.